The summed E-state index contributed by atoms with van der Waals surface area (Å²) in [7, 11) is 0. The van der Waals surface area contributed by atoms with E-state index < -0.39 is 0 Å². The first-order valence-corrected chi connectivity index (χ1v) is 7.37. The first-order chi connectivity index (χ1) is 9.78. The van der Waals surface area contributed by atoms with E-state index in [1.807, 2.05) is 24.3 Å². The van der Waals surface area contributed by atoms with Crippen LogP contribution < -0.4 is 4.90 Å². The van der Waals surface area contributed by atoms with Gasteiger partial charge in [0.1, 0.15) is 0 Å². The van der Waals surface area contributed by atoms with Gasteiger partial charge in [0.25, 0.3) is 0 Å². The van der Waals surface area contributed by atoms with Crippen molar-refractivity contribution in [1.29, 1.82) is 0 Å². The molecule has 0 unspecified atom stereocenters. The maximum Gasteiger partial charge on any atom is 0.0906 e. The predicted octanol–water partition coefficient (Wildman–Crippen LogP) is 4.04. The van der Waals surface area contributed by atoms with Gasteiger partial charge in [-0.2, -0.15) is 0 Å². The van der Waals surface area contributed by atoms with E-state index in [2.05, 4.69) is 50.3 Å². The zero-order chi connectivity index (χ0) is 13.9. The van der Waals surface area contributed by atoms with Crippen molar-refractivity contribution < 1.29 is 5.21 Å². The van der Waals surface area contributed by atoms with Crippen molar-refractivity contribution in [2.45, 2.75) is 13.0 Å². The van der Waals surface area contributed by atoms with Gasteiger partial charge in [-0.3, -0.25) is 0 Å². The monoisotopic (exact) mass is 330 g/mol. The Morgan fingerprint density at radius 2 is 2.00 bits per heavy atom. The summed E-state index contributed by atoms with van der Waals surface area (Å²) in [5.41, 5.74) is 4.19. The Morgan fingerprint density at radius 1 is 1.15 bits per heavy atom. The molecular weight excluding hydrogens is 316 g/mol. The van der Waals surface area contributed by atoms with E-state index in [-0.39, 0.29) is 0 Å². The van der Waals surface area contributed by atoms with Crippen LogP contribution in [0.3, 0.4) is 0 Å². The van der Waals surface area contributed by atoms with Gasteiger partial charge in [0.2, 0.25) is 0 Å². The molecule has 0 amide bonds. The number of rotatable bonds is 2. The second kappa shape index (κ2) is 5.67. The Bertz CT molecular complexity index is 654. The fourth-order valence-corrected chi connectivity index (χ4v) is 3.06. The molecule has 0 bridgehead atoms. The summed E-state index contributed by atoms with van der Waals surface area (Å²) >= 11 is 3.51. The lowest BCUT2D eigenvalue weighted by Gasteiger charge is -2.31. The van der Waals surface area contributed by atoms with Crippen LogP contribution in [0.25, 0.3) is 0 Å². The van der Waals surface area contributed by atoms with Crippen LogP contribution in [0.15, 0.2) is 58.2 Å². The molecule has 0 saturated carbocycles. The molecule has 102 valence electrons. The van der Waals surface area contributed by atoms with Crippen LogP contribution in [0.1, 0.15) is 17.5 Å². The SMILES string of the molecule is ON=C1CCN(Cc2cccc(Br)c2)c2ccccc21. The summed E-state index contributed by atoms with van der Waals surface area (Å²) in [6, 6.07) is 16.4. The van der Waals surface area contributed by atoms with Crippen molar-refractivity contribution in [3.05, 3.63) is 64.1 Å². The smallest absolute Gasteiger partial charge is 0.0906 e. The van der Waals surface area contributed by atoms with Crippen molar-refractivity contribution in [2.75, 3.05) is 11.4 Å². The zero-order valence-electron chi connectivity index (χ0n) is 11.0. The Balaban J connectivity index is 1.92. The van der Waals surface area contributed by atoms with Crippen LogP contribution >= 0.6 is 15.9 Å². The lowest BCUT2D eigenvalue weighted by atomic mass is 9.99. The van der Waals surface area contributed by atoms with E-state index in [1.165, 1.54) is 5.56 Å². The molecule has 0 atom stereocenters. The van der Waals surface area contributed by atoms with Crippen LogP contribution in [-0.4, -0.2) is 17.5 Å². The molecule has 0 radical (unpaired) electrons. The van der Waals surface area contributed by atoms with Crippen LogP contribution in [0.5, 0.6) is 0 Å². The number of halogens is 1. The molecule has 2 aromatic rings. The van der Waals surface area contributed by atoms with E-state index in [0.29, 0.717) is 0 Å². The molecular formula is C16H15BrN2O. The van der Waals surface area contributed by atoms with Crippen LogP contribution in [-0.2, 0) is 6.54 Å². The minimum absolute atomic E-state index is 0.765. The second-order valence-electron chi connectivity index (χ2n) is 4.87. The second-order valence-corrected chi connectivity index (χ2v) is 5.78. The first kappa shape index (κ1) is 13.2. The molecule has 3 rings (SSSR count). The zero-order valence-corrected chi connectivity index (χ0v) is 12.5. The highest BCUT2D eigenvalue weighted by atomic mass is 79.9. The standard InChI is InChI=1S/C16H15BrN2O/c17-13-5-3-4-12(10-13)11-19-9-8-15(18-20)14-6-1-2-7-16(14)19/h1-7,10,20H,8-9,11H2. The summed E-state index contributed by atoms with van der Waals surface area (Å²) < 4.78 is 1.10. The molecule has 0 aliphatic carbocycles. The van der Waals surface area contributed by atoms with Crippen LogP contribution in [0.4, 0.5) is 5.69 Å². The Morgan fingerprint density at radius 3 is 2.80 bits per heavy atom. The number of hydrogen-bond acceptors (Lipinski definition) is 3. The van der Waals surface area contributed by atoms with Gasteiger partial charge in [-0.15, -0.1) is 0 Å². The normalized spacial score (nSPS) is 16.2. The van der Waals surface area contributed by atoms with Crippen molar-refractivity contribution in [3.63, 3.8) is 0 Å². The summed E-state index contributed by atoms with van der Waals surface area (Å²) in [4.78, 5) is 2.33. The Hall–Kier alpha value is -1.81. The summed E-state index contributed by atoms with van der Waals surface area (Å²) in [5.74, 6) is 0. The molecule has 3 nitrogen and oxygen atoms in total. The quantitative estimate of drug-likeness (QED) is 0.666. The number of anilines is 1. The summed E-state index contributed by atoms with van der Waals surface area (Å²) in [5, 5.41) is 12.5. The molecule has 0 fully saturated rings. The third-order valence-corrected chi connectivity index (χ3v) is 4.05. The van der Waals surface area contributed by atoms with E-state index in [0.717, 1.165) is 40.9 Å². The molecule has 1 aliphatic rings. The fraction of sp³-hybridized carbons (Fsp3) is 0.188. The highest BCUT2D eigenvalue weighted by Crippen LogP contribution is 2.28. The van der Waals surface area contributed by atoms with Crippen molar-refractivity contribution in [1.82, 2.24) is 0 Å². The average molecular weight is 331 g/mol. The van der Waals surface area contributed by atoms with Gasteiger partial charge in [0.15, 0.2) is 0 Å². The van der Waals surface area contributed by atoms with Gasteiger partial charge in [0, 0.05) is 35.2 Å². The molecule has 0 aromatic heterocycles. The first-order valence-electron chi connectivity index (χ1n) is 6.57. The summed E-state index contributed by atoms with van der Waals surface area (Å²) in [6.45, 7) is 1.72. The Labute approximate surface area is 126 Å². The van der Waals surface area contributed by atoms with Gasteiger partial charge < -0.3 is 10.1 Å². The third kappa shape index (κ3) is 2.56. The number of nitrogens with zero attached hydrogens (tertiary/aromatic N) is 2. The van der Waals surface area contributed by atoms with Crippen molar-refractivity contribution in [3.8, 4) is 0 Å². The van der Waals surface area contributed by atoms with Gasteiger partial charge in [-0.1, -0.05) is 51.4 Å². The molecule has 0 spiro atoms. The van der Waals surface area contributed by atoms with Gasteiger partial charge in [0.05, 0.1) is 5.71 Å². The maximum absolute atomic E-state index is 9.11. The number of benzene rings is 2. The molecule has 1 N–H and O–H groups in total. The minimum Gasteiger partial charge on any atom is -0.411 e. The highest BCUT2D eigenvalue weighted by Gasteiger charge is 2.21. The average Bonchev–Trinajstić information content (AvgIpc) is 2.48. The molecule has 1 heterocycles. The largest absolute Gasteiger partial charge is 0.411 e. The van der Waals surface area contributed by atoms with E-state index in [4.69, 9.17) is 5.21 Å². The molecule has 0 saturated heterocycles. The molecule has 1 aliphatic heterocycles. The topological polar surface area (TPSA) is 35.8 Å². The highest BCUT2D eigenvalue weighted by molar-refractivity contribution is 9.10. The third-order valence-electron chi connectivity index (χ3n) is 3.56. The van der Waals surface area contributed by atoms with Gasteiger partial charge in [-0.25, -0.2) is 0 Å². The Kier molecular flexibility index (Phi) is 3.74. The lowest BCUT2D eigenvalue weighted by Crippen LogP contribution is -2.31. The van der Waals surface area contributed by atoms with Crippen LogP contribution in [0.2, 0.25) is 0 Å². The number of para-hydroxylation sites is 1. The van der Waals surface area contributed by atoms with E-state index >= 15 is 0 Å². The van der Waals surface area contributed by atoms with E-state index in [1.54, 1.807) is 0 Å². The number of hydrogen-bond donors (Lipinski definition) is 1. The molecule has 4 heteroatoms. The number of oxime groups is 1. The van der Waals surface area contributed by atoms with E-state index in [9.17, 15) is 0 Å². The fourth-order valence-electron chi connectivity index (χ4n) is 2.61. The molecule has 2 aromatic carbocycles. The summed E-state index contributed by atoms with van der Waals surface area (Å²) in [6.07, 6.45) is 0.765. The van der Waals surface area contributed by atoms with Crippen LogP contribution in [0, 0.1) is 0 Å². The predicted molar refractivity (Wildman–Crippen MR) is 84.6 cm³/mol. The lowest BCUT2D eigenvalue weighted by molar-refractivity contribution is 0.317. The molecule has 20 heavy (non-hydrogen) atoms. The minimum atomic E-state index is 0.765. The van der Waals surface area contributed by atoms with Gasteiger partial charge >= 0.3 is 0 Å². The van der Waals surface area contributed by atoms with Crippen molar-refractivity contribution >= 4 is 27.3 Å². The van der Waals surface area contributed by atoms with Crippen molar-refractivity contribution in [2.24, 2.45) is 5.16 Å². The number of fused-ring (bicyclic) bond motifs is 1. The van der Waals surface area contributed by atoms with Gasteiger partial charge in [-0.05, 0) is 23.8 Å². The maximum atomic E-state index is 9.11.